The Hall–Kier alpha value is -3.12. The van der Waals surface area contributed by atoms with Gasteiger partial charge in [0.05, 0.1) is 0 Å². The molecule has 1 aliphatic rings. The molecule has 1 saturated carbocycles. The molecule has 1 aliphatic carbocycles. The smallest absolute Gasteiger partial charge is 0.261 e. The van der Waals surface area contributed by atoms with Crippen LogP contribution in [-0.4, -0.2) is 35.4 Å². The van der Waals surface area contributed by atoms with Crippen molar-refractivity contribution in [2.75, 3.05) is 6.61 Å². The fourth-order valence-corrected chi connectivity index (χ4v) is 5.17. The summed E-state index contributed by atoms with van der Waals surface area (Å²) in [7, 11) is 0. The molecule has 2 amide bonds. The molecule has 0 radical (unpaired) electrons. The lowest BCUT2D eigenvalue weighted by molar-refractivity contribution is -0.143. The van der Waals surface area contributed by atoms with Crippen LogP contribution >= 0.6 is 15.9 Å². The quantitative estimate of drug-likeness (QED) is 0.298. The van der Waals surface area contributed by atoms with Crippen LogP contribution in [0.5, 0.6) is 5.75 Å². The third-order valence-corrected chi connectivity index (χ3v) is 8.08. The van der Waals surface area contributed by atoms with Gasteiger partial charge in [-0.1, -0.05) is 95.4 Å². The SMILES string of the molecule is Cc1ccc(CN(C(=O)COc2ccc(Br)c(C)c2)[C@@H](Cc2ccccc2)C(=O)NC2CCCCC2)cc1. The van der Waals surface area contributed by atoms with Gasteiger partial charge >= 0.3 is 0 Å². The lowest BCUT2D eigenvalue weighted by Gasteiger charge is -2.33. The van der Waals surface area contributed by atoms with E-state index in [0.29, 0.717) is 18.7 Å². The highest BCUT2D eigenvalue weighted by molar-refractivity contribution is 9.10. The Bertz CT molecular complexity index is 1210. The molecule has 4 rings (SSSR count). The van der Waals surface area contributed by atoms with Gasteiger partial charge in [0.2, 0.25) is 5.91 Å². The zero-order valence-corrected chi connectivity index (χ0v) is 23.9. The predicted octanol–water partition coefficient (Wildman–Crippen LogP) is 6.53. The molecular formula is C32H37BrN2O3. The minimum absolute atomic E-state index is 0.0966. The van der Waals surface area contributed by atoms with E-state index in [1.54, 1.807) is 4.90 Å². The topological polar surface area (TPSA) is 58.6 Å². The summed E-state index contributed by atoms with van der Waals surface area (Å²) in [6.07, 6.45) is 5.88. The number of halogens is 1. The van der Waals surface area contributed by atoms with E-state index < -0.39 is 6.04 Å². The van der Waals surface area contributed by atoms with Gasteiger partial charge in [0.15, 0.2) is 6.61 Å². The molecule has 6 heteroatoms. The van der Waals surface area contributed by atoms with Crippen molar-refractivity contribution in [1.29, 1.82) is 0 Å². The summed E-state index contributed by atoms with van der Waals surface area (Å²) in [5.74, 6) is 0.312. The minimum atomic E-state index is -0.650. The number of nitrogens with one attached hydrogen (secondary N) is 1. The highest BCUT2D eigenvalue weighted by atomic mass is 79.9. The van der Waals surface area contributed by atoms with Gasteiger partial charge < -0.3 is 15.0 Å². The maximum Gasteiger partial charge on any atom is 0.261 e. The molecule has 200 valence electrons. The summed E-state index contributed by atoms with van der Waals surface area (Å²) >= 11 is 3.51. The van der Waals surface area contributed by atoms with E-state index in [2.05, 4.69) is 21.2 Å². The van der Waals surface area contributed by atoms with Crippen LogP contribution in [0.4, 0.5) is 0 Å². The van der Waals surface area contributed by atoms with Gasteiger partial charge in [0.25, 0.3) is 5.91 Å². The van der Waals surface area contributed by atoms with E-state index in [1.807, 2.05) is 86.6 Å². The van der Waals surface area contributed by atoms with Crippen LogP contribution in [0.25, 0.3) is 0 Å². The Balaban J connectivity index is 1.60. The molecule has 0 spiro atoms. The van der Waals surface area contributed by atoms with E-state index in [1.165, 1.54) is 6.42 Å². The Kier molecular flexibility index (Phi) is 9.99. The van der Waals surface area contributed by atoms with Gasteiger partial charge in [0, 0.05) is 23.5 Å². The van der Waals surface area contributed by atoms with Gasteiger partial charge in [-0.15, -0.1) is 0 Å². The third kappa shape index (κ3) is 7.94. The molecule has 1 N–H and O–H groups in total. The van der Waals surface area contributed by atoms with E-state index in [9.17, 15) is 9.59 Å². The number of nitrogens with zero attached hydrogens (tertiary/aromatic N) is 1. The molecule has 1 atom stereocenters. The zero-order valence-electron chi connectivity index (χ0n) is 22.3. The van der Waals surface area contributed by atoms with Crippen molar-refractivity contribution in [3.8, 4) is 5.75 Å². The Morgan fingerprint density at radius 2 is 1.66 bits per heavy atom. The van der Waals surface area contributed by atoms with Gasteiger partial charge in [-0.25, -0.2) is 0 Å². The maximum atomic E-state index is 13.8. The van der Waals surface area contributed by atoms with Crippen molar-refractivity contribution in [3.63, 3.8) is 0 Å². The van der Waals surface area contributed by atoms with E-state index >= 15 is 0 Å². The molecule has 3 aromatic carbocycles. The van der Waals surface area contributed by atoms with Crippen LogP contribution in [0, 0.1) is 13.8 Å². The van der Waals surface area contributed by atoms with Crippen LogP contribution in [0.15, 0.2) is 77.3 Å². The molecule has 0 aromatic heterocycles. The number of hydrogen-bond acceptors (Lipinski definition) is 3. The highest BCUT2D eigenvalue weighted by Gasteiger charge is 2.32. The first-order chi connectivity index (χ1) is 18.4. The summed E-state index contributed by atoms with van der Waals surface area (Å²) in [5, 5.41) is 3.28. The monoisotopic (exact) mass is 576 g/mol. The predicted molar refractivity (Wildman–Crippen MR) is 155 cm³/mol. The van der Waals surface area contributed by atoms with Crippen LogP contribution < -0.4 is 10.1 Å². The second-order valence-corrected chi connectivity index (χ2v) is 11.1. The lowest BCUT2D eigenvalue weighted by Crippen LogP contribution is -2.53. The average Bonchev–Trinajstić information content (AvgIpc) is 2.93. The minimum Gasteiger partial charge on any atom is -0.484 e. The summed E-state index contributed by atoms with van der Waals surface area (Å²) in [4.78, 5) is 29.3. The Labute approximate surface area is 234 Å². The largest absolute Gasteiger partial charge is 0.484 e. The van der Waals surface area contributed by atoms with Crippen molar-refractivity contribution < 1.29 is 14.3 Å². The van der Waals surface area contributed by atoms with Crippen molar-refractivity contribution in [2.24, 2.45) is 0 Å². The number of ether oxygens (including phenoxy) is 1. The van der Waals surface area contributed by atoms with Crippen LogP contribution in [0.1, 0.15) is 54.4 Å². The van der Waals surface area contributed by atoms with Crippen molar-refractivity contribution in [1.82, 2.24) is 10.2 Å². The second-order valence-electron chi connectivity index (χ2n) is 10.3. The number of benzene rings is 3. The van der Waals surface area contributed by atoms with Crippen molar-refractivity contribution in [3.05, 3.63) is 99.5 Å². The molecule has 0 bridgehead atoms. The zero-order chi connectivity index (χ0) is 26.9. The number of carbonyl (C=O) groups excluding carboxylic acids is 2. The van der Waals surface area contributed by atoms with Gasteiger partial charge in [0.1, 0.15) is 11.8 Å². The van der Waals surface area contributed by atoms with Gasteiger partial charge in [-0.05, 0) is 61.6 Å². The summed E-state index contributed by atoms with van der Waals surface area (Å²) in [6.45, 7) is 4.21. The number of aryl methyl sites for hydroxylation is 2. The molecule has 1 fully saturated rings. The fraction of sp³-hybridized carbons (Fsp3) is 0.375. The summed E-state index contributed by atoms with van der Waals surface area (Å²) < 4.78 is 6.91. The van der Waals surface area contributed by atoms with E-state index in [0.717, 1.165) is 52.4 Å². The molecule has 38 heavy (non-hydrogen) atoms. The molecule has 0 saturated heterocycles. The summed E-state index contributed by atoms with van der Waals surface area (Å²) in [6, 6.07) is 23.2. The van der Waals surface area contributed by atoms with Crippen molar-refractivity contribution >= 4 is 27.7 Å². The number of hydrogen-bond donors (Lipinski definition) is 1. The van der Waals surface area contributed by atoms with Gasteiger partial charge in [-0.3, -0.25) is 9.59 Å². The first-order valence-corrected chi connectivity index (χ1v) is 14.3. The molecule has 5 nitrogen and oxygen atoms in total. The molecular weight excluding hydrogens is 540 g/mol. The first kappa shape index (κ1) is 27.9. The van der Waals surface area contributed by atoms with Crippen LogP contribution in [-0.2, 0) is 22.6 Å². The Morgan fingerprint density at radius 1 is 0.947 bits per heavy atom. The highest BCUT2D eigenvalue weighted by Crippen LogP contribution is 2.23. The second kappa shape index (κ2) is 13.6. The lowest BCUT2D eigenvalue weighted by atomic mass is 9.94. The standard InChI is InChI=1S/C32H37BrN2O3/c1-23-13-15-26(16-14-23)21-35(31(36)22-38-28-17-18-29(33)24(2)19-28)30(20-25-9-5-3-6-10-25)32(37)34-27-11-7-4-8-12-27/h3,5-6,9-10,13-19,27,30H,4,7-8,11-12,20-22H2,1-2H3,(H,34,37)/t30-/m0/s1. The maximum absolute atomic E-state index is 13.8. The summed E-state index contributed by atoms with van der Waals surface area (Å²) in [5.41, 5.74) is 4.17. The number of carbonyl (C=O) groups is 2. The number of amides is 2. The molecule has 0 heterocycles. The van der Waals surface area contributed by atoms with Crippen LogP contribution in [0.2, 0.25) is 0 Å². The fourth-order valence-electron chi connectivity index (χ4n) is 4.92. The average molecular weight is 578 g/mol. The van der Waals surface area contributed by atoms with E-state index in [-0.39, 0.29) is 24.5 Å². The van der Waals surface area contributed by atoms with Crippen LogP contribution in [0.3, 0.4) is 0 Å². The third-order valence-electron chi connectivity index (χ3n) is 7.19. The van der Waals surface area contributed by atoms with E-state index in [4.69, 9.17) is 4.74 Å². The first-order valence-electron chi connectivity index (χ1n) is 13.5. The molecule has 0 aliphatic heterocycles. The Morgan fingerprint density at radius 3 is 2.34 bits per heavy atom. The normalized spacial score (nSPS) is 14.5. The van der Waals surface area contributed by atoms with Gasteiger partial charge in [-0.2, -0.15) is 0 Å². The van der Waals surface area contributed by atoms with Crippen molar-refractivity contribution in [2.45, 2.75) is 71.0 Å². The number of rotatable bonds is 10. The molecule has 0 unspecified atom stereocenters. The molecule has 3 aromatic rings.